The lowest BCUT2D eigenvalue weighted by Crippen LogP contribution is -2.44. The van der Waals surface area contributed by atoms with E-state index in [1.54, 1.807) is 0 Å². The molecule has 2 fully saturated rings. The number of hydrogen-bond acceptors (Lipinski definition) is 3. The van der Waals surface area contributed by atoms with Crippen LogP contribution in [0.25, 0.3) is 0 Å². The van der Waals surface area contributed by atoms with Gasteiger partial charge in [-0.3, -0.25) is 9.69 Å². The van der Waals surface area contributed by atoms with Crippen LogP contribution in [-0.4, -0.2) is 29.4 Å². The van der Waals surface area contributed by atoms with Gasteiger partial charge in [-0.2, -0.15) is 0 Å². The molecule has 0 aliphatic heterocycles. The van der Waals surface area contributed by atoms with Gasteiger partial charge >= 0.3 is 0 Å². The summed E-state index contributed by atoms with van der Waals surface area (Å²) < 4.78 is 0. The maximum absolute atomic E-state index is 12.6. The lowest BCUT2D eigenvalue weighted by atomic mass is 10.1. The third kappa shape index (κ3) is 3.63. The number of hydrogen-bond donors (Lipinski definition) is 2. The van der Waals surface area contributed by atoms with Crippen molar-refractivity contribution in [2.75, 3.05) is 11.9 Å². The summed E-state index contributed by atoms with van der Waals surface area (Å²) in [5, 5.41) is 3.06. The third-order valence-electron chi connectivity index (χ3n) is 4.55. The van der Waals surface area contributed by atoms with Crippen molar-refractivity contribution in [3.63, 3.8) is 0 Å². The minimum Gasteiger partial charge on any atom is -0.326 e. The van der Waals surface area contributed by atoms with Gasteiger partial charge in [0.05, 0.1) is 6.04 Å². The van der Waals surface area contributed by atoms with Crippen LogP contribution < -0.4 is 11.1 Å². The minimum absolute atomic E-state index is 0.0658. The van der Waals surface area contributed by atoms with Crippen LogP contribution in [0.15, 0.2) is 24.3 Å². The molecule has 2 saturated carbocycles. The summed E-state index contributed by atoms with van der Waals surface area (Å²) in [6.07, 6.45) is 5.13. The van der Waals surface area contributed by atoms with Crippen molar-refractivity contribution in [2.24, 2.45) is 11.7 Å². The first-order valence-electron chi connectivity index (χ1n) is 8.03. The molecule has 1 unspecified atom stereocenters. The van der Waals surface area contributed by atoms with E-state index < -0.39 is 0 Å². The Bertz CT molecular complexity index is 509. The Kier molecular flexibility index (Phi) is 4.27. The van der Waals surface area contributed by atoms with Gasteiger partial charge < -0.3 is 11.1 Å². The van der Waals surface area contributed by atoms with Crippen molar-refractivity contribution in [2.45, 2.75) is 51.2 Å². The molecule has 4 heteroatoms. The van der Waals surface area contributed by atoms with Gasteiger partial charge in [-0.05, 0) is 50.2 Å². The number of benzene rings is 1. The Morgan fingerprint density at radius 2 is 2.05 bits per heavy atom. The van der Waals surface area contributed by atoms with E-state index in [2.05, 4.69) is 10.2 Å². The fraction of sp³-hybridized carbons (Fsp3) is 0.588. The highest BCUT2D eigenvalue weighted by atomic mass is 16.2. The lowest BCUT2D eigenvalue weighted by molar-refractivity contribution is -0.121. The van der Waals surface area contributed by atoms with Crippen LogP contribution in [0.5, 0.6) is 0 Å². The normalized spacial score (nSPS) is 19.6. The van der Waals surface area contributed by atoms with Crippen LogP contribution in [0.2, 0.25) is 0 Å². The molecule has 0 radical (unpaired) electrons. The lowest BCUT2D eigenvalue weighted by Gasteiger charge is -2.28. The van der Waals surface area contributed by atoms with Crippen LogP contribution >= 0.6 is 0 Å². The standard InChI is InChI=1S/C17H25N3O/c1-12(20(15-8-9-15)11-13-6-7-13)17(21)19-16-5-3-2-4-14(16)10-18/h2-5,12-13,15H,6-11,18H2,1H3,(H,19,21). The Morgan fingerprint density at radius 1 is 1.33 bits per heavy atom. The van der Waals surface area contributed by atoms with Crippen molar-refractivity contribution < 1.29 is 4.79 Å². The molecule has 4 nitrogen and oxygen atoms in total. The second kappa shape index (κ2) is 6.16. The monoisotopic (exact) mass is 287 g/mol. The van der Waals surface area contributed by atoms with Crippen molar-refractivity contribution in [1.29, 1.82) is 0 Å². The maximum atomic E-state index is 12.6. The molecular weight excluding hydrogens is 262 g/mol. The number of carbonyl (C=O) groups excluding carboxylic acids is 1. The van der Waals surface area contributed by atoms with Gasteiger partial charge in [0.1, 0.15) is 0 Å². The molecule has 21 heavy (non-hydrogen) atoms. The molecular formula is C17H25N3O. The maximum Gasteiger partial charge on any atom is 0.241 e. The van der Waals surface area contributed by atoms with Gasteiger partial charge in [0.25, 0.3) is 0 Å². The Hall–Kier alpha value is -1.39. The fourth-order valence-corrected chi connectivity index (χ4v) is 2.84. The number of para-hydroxylation sites is 1. The molecule has 0 bridgehead atoms. The highest BCUT2D eigenvalue weighted by molar-refractivity contribution is 5.95. The molecule has 3 N–H and O–H groups in total. The van der Waals surface area contributed by atoms with Crippen LogP contribution in [0.1, 0.15) is 38.2 Å². The van der Waals surface area contributed by atoms with Crippen LogP contribution in [0, 0.1) is 5.92 Å². The van der Waals surface area contributed by atoms with Gasteiger partial charge in [-0.25, -0.2) is 0 Å². The molecule has 1 atom stereocenters. The average Bonchev–Trinajstić information content (AvgIpc) is 3.38. The highest BCUT2D eigenvalue weighted by Crippen LogP contribution is 2.36. The predicted octanol–water partition coefficient (Wildman–Crippen LogP) is 2.35. The van der Waals surface area contributed by atoms with Crippen LogP contribution in [0.3, 0.4) is 0 Å². The zero-order valence-electron chi connectivity index (χ0n) is 12.7. The van der Waals surface area contributed by atoms with Crippen LogP contribution in [0.4, 0.5) is 5.69 Å². The molecule has 2 aliphatic carbocycles. The molecule has 1 aromatic rings. The summed E-state index contributed by atoms with van der Waals surface area (Å²) in [5.41, 5.74) is 7.56. The van der Waals surface area contributed by atoms with Gasteiger partial charge in [0.15, 0.2) is 0 Å². The SMILES string of the molecule is CC(C(=O)Nc1ccccc1CN)N(CC1CC1)C1CC1. The summed E-state index contributed by atoms with van der Waals surface area (Å²) in [5.74, 6) is 0.903. The van der Waals surface area contributed by atoms with E-state index in [0.717, 1.165) is 23.7 Å². The first kappa shape index (κ1) is 14.5. The summed E-state index contributed by atoms with van der Waals surface area (Å²) in [6, 6.07) is 8.32. The van der Waals surface area contributed by atoms with Gasteiger partial charge in [0.2, 0.25) is 5.91 Å². The third-order valence-corrected chi connectivity index (χ3v) is 4.55. The molecule has 114 valence electrons. The number of nitrogens with two attached hydrogens (primary N) is 1. The molecule has 0 aromatic heterocycles. The Labute approximate surface area is 126 Å². The second-order valence-corrected chi connectivity index (χ2v) is 6.40. The molecule has 2 aliphatic rings. The van der Waals surface area contributed by atoms with E-state index in [9.17, 15) is 4.79 Å². The quantitative estimate of drug-likeness (QED) is 0.809. The number of carbonyl (C=O) groups is 1. The van der Waals surface area contributed by atoms with E-state index >= 15 is 0 Å². The zero-order valence-corrected chi connectivity index (χ0v) is 12.7. The zero-order chi connectivity index (χ0) is 14.8. The fourth-order valence-electron chi connectivity index (χ4n) is 2.84. The van der Waals surface area contributed by atoms with Gasteiger partial charge in [-0.1, -0.05) is 18.2 Å². The number of anilines is 1. The largest absolute Gasteiger partial charge is 0.326 e. The van der Waals surface area contributed by atoms with Crippen LogP contribution in [-0.2, 0) is 11.3 Å². The summed E-state index contributed by atoms with van der Waals surface area (Å²) in [6.45, 7) is 3.55. The van der Waals surface area contributed by atoms with Crippen molar-refractivity contribution in [1.82, 2.24) is 4.90 Å². The van der Waals surface area contributed by atoms with E-state index in [0.29, 0.717) is 12.6 Å². The number of nitrogens with zero attached hydrogens (tertiary/aromatic N) is 1. The number of nitrogens with one attached hydrogen (secondary N) is 1. The molecule has 1 aromatic carbocycles. The smallest absolute Gasteiger partial charge is 0.241 e. The number of rotatable bonds is 7. The van der Waals surface area contributed by atoms with E-state index in [1.165, 1.54) is 25.7 Å². The predicted molar refractivity (Wildman–Crippen MR) is 84.9 cm³/mol. The first-order valence-corrected chi connectivity index (χ1v) is 8.03. The molecule has 0 saturated heterocycles. The van der Waals surface area contributed by atoms with E-state index in [1.807, 2.05) is 31.2 Å². The van der Waals surface area contributed by atoms with Gasteiger partial charge in [0, 0.05) is 24.8 Å². The summed E-state index contributed by atoms with van der Waals surface area (Å²) in [7, 11) is 0. The highest BCUT2D eigenvalue weighted by Gasteiger charge is 2.38. The number of amides is 1. The molecule has 0 heterocycles. The summed E-state index contributed by atoms with van der Waals surface area (Å²) >= 11 is 0. The van der Waals surface area contributed by atoms with Gasteiger partial charge in [-0.15, -0.1) is 0 Å². The second-order valence-electron chi connectivity index (χ2n) is 6.40. The molecule has 3 rings (SSSR count). The topological polar surface area (TPSA) is 58.4 Å². The van der Waals surface area contributed by atoms with Crippen molar-refractivity contribution in [3.8, 4) is 0 Å². The van der Waals surface area contributed by atoms with E-state index in [4.69, 9.17) is 5.73 Å². The van der Waals surface area contributed by atoms with E-state index in [-0.39, 0.29) is 11.9 Å². The van der Waals surface area contributed by atoms with Crippen molar-refractivity contribution in [3.05, 3.63) is 29.8 Å². The molecule has 0 spiro atoms. The van der Waals surface area contributed by atoms with Crippen molar-refractivity contribution >= 4 is 11.6 Å². The molecule has 1 amide bonds. The first-order chi connectivity index (χ1) is 10.2. The Morgan fingerprint density at radius 3 is 2.67 bits per heavy atom. The summed E-state index contributed by atoms with van der Waals surface area (Å²) in [4.78, 5) is 15.0. The average molecular weight is 287 g/mol. The Balaban J connectivity index is 1.65. The minimum atomic E-state index is -0.0658.